The Bertz CT molecular complexity index is 1940. The summed E-state index contributed by atoms with van der Waals surface area (Å²) in [6.07, 6.45) is -6.16. The predicted octanol–water partition coefficient (Wildman–Crippen LogP) is 7.77. The molecule has 5 aromatic rings. The molecule has 10 heteroatoms. The minimum absolute atomic E-state index is 0.0972. The van der Waals surface area contributed by atoms with E-state index in [1.165, 1.54) is 0 Å². The molecule has 3 heterocycles. The molecule has 10 nitrogen and oxygen atoms in total. The van der Waals surface area contributed by atoms with Crippen molar-refractivity contribution in [3.05, 3.63) is 179 Å². The van der Waals surface area contributed by atoms with Crippen molar-refractivity contribution in [2.75, 3.05) is 13.7 Å². The van der Waals surface area contributed by atoms with E-state index in [0.29, 0.717) is 26.4 Å². The van der Waals surface area contributed by atoms with Gasteiger partial charge in [-0.25, -0.2) is 0 Å². The van der Waals surface area contributed by atoms with Gasteiger partial charge in [0.2, 0.25) is 0 Å². The van der Waals surface area contributed by atoms with E-state index in [0.717, 1.165) is 27.8 Å². The van der Waals surface area contributed by atoms with Crippen LogP contribution in [-0.4, -0.2) is 74.8 Å². The highest BCUT2D eigenvalue weighted by atomic mass is 16.9. The Morgan fingerprint density at radius 1 is 0.483 bits per heavy atom. The summed E-state index contributed by atoms with van der Waals surface area (Å²) in [5.74, 6) is -1.75. The molecule has 5 aromatic carbocycles. The maximum absolute atomic E-state index is 7.17. The van der Waals surface area contributed by atoms with Gasteiger partial charge in [-0.15, -0.1) is 0 Å². The topological polar surface area (TPSA) is 92.3 Å². The molecular weight excluding hydrogens is 737 g/mol. The zero-order valence-electron chi connectivity index (χ0n) is 33.0. The largest absolute Gasteiger partial charge is 0.368 e. The Morgan fingerprint density at radius 3 is 1.33 bits per heavy atom. The maximum atomic E-state index is 7.17. The zero-order chi connectivity index (χ0) is 39.6. The van der Waals surface area contributed by atoms with Crippen LogP contribution in [0.5, 0.6) is 0 Å². The molecule has 3 fully saturated rings. The molecular formula is C48H52O10. The van der Waals surface area contributed by atoms with E-state index in [1.54, 1.807) is 7.11 Å². The van der Waals surface area contributed by atoms with Gasteiger partial charge in [0.05, 0.1) is 45.7 Å². The van der Waals surface area contributed by atoms with Crippen molar-refractivity contribution in [3.63, 3.8) is 0 Å². The Hall–Kier alpha value is -4.30. The first-order chi connectivity index (χ1) is 28.6. The first kappa shape index (κ1) is 40.5. The van der Waals surface area contributed by atoms with Gasteiger partial charge in [-0.2, -0.15) is 0 Å². The van der Waals surface area contributed by atoms with E-state index < -0.39 is 61.1 Å². The molecule has 0 amide bonds. The van der Waals surface area contributed by atoms with Crippen LogP contribution in [0.1, 0.15) is 34.7 Å². The van der Waals surface area contributed by atoms with Gasteiger partial charge in [0.15, 0.2) is 12.4 Å². The average Bonchev–Trinajstić information content (AvgIpc) is 3.28. The Balaban J connectivity index is 1.14. The molecule has 0 aliphatic carbocycles. The third kappa shape index (κ3) is 9.76. The summed E-state index contributed by atoms with van der Waals surface area (Å²) in [5, 5.41) is 0. The summed E-state index contributed by atoms with van der Waals surface area (Å²) in [7, 11) is 1.60. The van der Waals surface area contributed by atoms with Crippen molar-refractivity contribution >= 4 is 0 Å². The normalized spacial score (nSPS) is 29.5. The van der Waals surface area contributed by atoms with Crippen LogP contribution in [0.4, 0.5) is 0 Å². The number of methoxy groups -OCH3 is 1. The molecule has 3 aliphatic rings. The third-order valence-electron chi connectivity index (χ3n) is 10.8. The van der Waals surface area contributed by atoms with E-state index in [4.69, 9.17) is 47.4 Å². The van der Waals surface area contributed by atoms with Gasteiger partial charge in [0.1, 0.15) is 36.6 Å². The average molecular weight is 789 g/mol. The molecule has 8 rings (SSSR count). The number of hydrogen-bond donors (Lipinski definition) is 0. The monoisotopic (exact) mass is 788 g/mol. The van der Waals surface area contributed by atoms with E-state index in [9.17, 15) is 0 Å². The van der Waals surface area contributed by atoms with Gasteiger partial charge in [-0.3, -0.25) is 0 Å². The van der Waals surface area contributed by atoms with Crippen LogP contribution in [0.15, 0.2) is 152 Å². The molecule has 0 aromatic heterocycles. The molecule has 3 aliphatic heterocycles. The maximum Gasteiger partial charge on any atom is 0.314 e. The molecule has 0 unspecified atom stereocenters. The first-order valence-corrected chi connectivity index (χ1v) is 20.0. The molecule has 304 valence electrons. The van der Waals surface area contributed by atoms with Crippen LogP contribution in [0.2, 0.25) is 0 Å². The molecule has 3 saturated heterocycles. The Kier molecular flexibility index (Phi) is 13.7. The number of rotatable bonds is 16. The highest BCUT2D eigenvalue weighted by molar-refractivity contribution is 5.18. The van der Waals surface area contributed by atoms with Crippen LogP contribution >= 0.6 is 0 Å². The van der Waals surface area contributed by atoms with E-state index in [-0.39, 0.29) is 13.2 Å². The van der Waals surface area contributed by atoms with E-state index in [1.807, 2.05) is 159 Å². The highest BCUT2D eigenvalue weighted by Gasteiger charge is 2.64. The van der Waals surface area contributed by atoms with Crippen molar-refractivity contribution in [2.45, 2.75) is 101 Å². The Labute approximate surface area is 340 Å². The van der Waals surface area contributed by atoms with Gasteiger partial charge in [0.25, 0.3) is 0 Å². The second-order valence-electron chi connectivity index (χ2n) is 14.9. The summed E-state index contributed by atoms with van der Waals surface area (Å²) in [6.45, 7) is 3.55. The predicted molar refractivity (Wildman–Crippen MR) is 215 cm³/mol. The summed E-state index contributed by atoms with van der Waals surface area (Å²) in [6, 6.07) is 50.1. The standard InChI is InChI=1S/C48H52O10/c1-34-41(50-28-35-18-8-3-9-19-35)44(52-30-37-22-12-5-13-23-37)46(54-32-39-26-16-7-17-27-39)48(57-34)55-33-40-42(58-48)43(51-29-36-20-10-4-11-21-36)45(47(49-2)56-40)53-31-38-24-14-6-15-25-38/h3-27,34,40-47H,28-33H2,1-2H3/t34-,40-,41+,42+,43+,44+,45-,46-,47+,48+/m1/s1. The van der Waals surface area contributed by atoms with Gasteiger partial charge in [0, 0.05) is 7.11 Å². The molecule has 58 heavy (non-hydrogen) atoms. The fraction of sp³-hybridized carbons (Fsp3) is 0.375. The second-order valence-corrected chi connectivity index (χ2v) is 14.9. The van der Waals surface area contributed by atoms with Crippen molar-refractivity contribution < 1.29 is 47.4 Å². The minimum atomic E-state index is -1.75. The van der Waals surface area contributed by atoms with Crippen LogP contribution in [-0.2, 0) is 80.4 Å². The molecule has 0 radical (unpaired) electrons. The zero-order valence-corrected chi connectivity index (χ0v) is 33.0. The third-order valence-corrected chi connectivity index (χ3v) is 10.8. The molecule has 1 spiro atoms. The number of fused-ring (bicyclic) bond motifs is 1. The van der Waals surface area contributed by atoms with Crippen molar-refractivity contribution in [1.82, 2.24) is 0 Å². The van der Waals surface area contributed by atoms with Crippen LogP contribution in [0.3, 0.4) is 0 Å². The summed E-state index contributed by atoms with van der Waals surface area (Å²) >= 11 is 0. The SMILES string of the molecule is CO[C@H]1O[C@@H]2CO[C@]3(O[C@@H]2[C@H](OCc2ccccc2)[C@H]1OCc1ccccc1)O[C@H](C)[C@H](OCc1ccccc1)[C@H](OCc1ccccc1)[C@H]3OCc1ccccc1. The van der Waals surface area contributed by atoms with Gasteiger partial charge < -0.3 is 47.4 Å². The quantitative estimate of drug-likeness (QED) is 0.0988. The summed E-state index contributed by atoms with van der Waals surface area (Å²) < 4.78 is 67.2. The lowest BCUT2D eigenvalue weighted by Gasteiger charge is -2.57. The first-order valence-electron chi connectivity index (χ1n) is 20.0. The number of hydrogen-bond acceptors (Lipinski definition) is 10. The molecule has 0 saturated carbocycles. The fourth-order valence-corrected chi connectivity index (χ4v) is 7.81. The van der Waals surface area contributed by atoms with Crippen molar-refractivity contribution in [1.29, 1.82) is 0 Å². The van der Waals surface area contributed by atoms with E-state index in [2.05, 4.69) is 0 Å². The van der Waals surface area contributed by atoms with Crippen LogP contribution < -0.4 is 0 Å². The van der Waals surface area contributed by atoms with Crippen LogP contribution in [0.25, 0.3) is 0 Å². The molecule has 0 bridgehead atoms. The van der Waals surface area contributed by atoms with Crippen molar-refractivity contribution in [3.8, 4) is 0 Å². The lowest BCUT2D eigenvalue weighted by Crippen LogP contribution is -2.74. The van der Waals surface area contributed by atoms with Gasteiger partial charge in [-0.05, 0) is 34.7 Å². The molecule has 10 atom stereocenters. The molecule has 0 N–H and O–H groups in total. The second kappa shape index (κ2) is 19.6. The van der Waals surface area contributed by atoms with Gasteiger partial charge in [-0.1, -0.05) is 152 Å². The smallest absolute Gasteiger partial charge is 0.314 e. The lowest BCUT2D eigenvalue weighted by atomic mass is 9.93. The summed E-state index contributed by atoms with van der Waals surface area (Å²) in [4.78, 5) is 0. The minimum Gasteiger partial charge on any atom is -0.368 e. The fourth-order valence-electron chi connectivity index (χ4n) is 7.81. The number of benzene rings is 5. The van der Waals surface area contributed by atoms with Crippen molar-refractivity contribution in [2.24, 2.45) is 0 Å². The van der Waals surface area contributed by atoms with E-state index >= 15 is 0 Å². The summed E-state index contributed by atoms with van der Waals surface area (Å²) in [5.41, 5.74) is 5.00. The highest BCUT2D eigenvalue weighted by Crippen LogP contribution is 2.44. The van der Waals surface area contributed by atoms with Crippen LogP contribution in [0, 0.1) is 0 Å². The number of ether oxygens (including phenoxy) is 10. The van der Waals surface area contributed by atoms with Gasteiger partial charge >= 0.3 is 5.97 Å². The Morgan fingerprint density at radius 2 is 0.879 bits per heavy atom. The lowest BCUT2D eigenvalue weighted by molar-refractivity contribution is -0.515.